The first kappa shape index (κ1) is 9.96. The molecule has 1 saturated carbocycles. The lowest BCUT2D eigenvalue weighted by Crippen LogP contribution is -2.48. The van der Waals surface area contributed by atoms with Gasteiger partial charge < -0.3 is 5.32 Å². The van der Waals surface area contributed by atoms with Crippen LogP contribution in [0.15, 0.2) is 0 Å². The van der Waals surface area contributed by atoms with E-state index in [4.69, 9.17) is 5.84 Å². The second-order valence-corrected chi connectivity index (χ2v) is 3.78. The zero-order chi connectivity index (χ0) is 8.97. The molecule has 0 bridgehead atoms. The summed E-state index contributed by atoms with van der Waals surface area (Å²) in [4.78, 5) is 0. The van der Waals surface area contributed by atoms with E-state index < -0.39 is 0 Å². The average Bonchev–Trinajstić information content (AvgIpc) is 1.97. The fourth-order valence-corrected chi connectivity index (χ4v) is 1.51. The van der Waals surface area contributed by atoms with E-state index in [0.29, 0.717) is 6.04 Å². The predicted octanol–water partition coefficient (Wildman–Crippen LogP) is 0.713. The standard InChI is InChI=1S/C9H21N3/c1-3-12(10)7-8(2)11-9-5-4-6-9/h8-9,11H,3-7,10H2,1-2H3. The van der Waals surface area contributed by atoms with Crippen molar-refractivity contribution in [3.63, 3.8) is 0 Å². The van der Waals surface area contributed by atoms with Crippen molar-refractivity contribution in [2.45, 2.75) is 45.2 Å². The molecular weight excluding hydrogens is 150 g/mol. The quantitative estimate of drug-likeness (QED) is 0.473. The molecule has 3 heteroatoms. The van der Waals surface area contributed by atoms with Crippen LogP contribution in [0.3, 0.4) is 0 Å². The number of rotatable bonds is 5. The van der Waals surface area contributed by atoms with Gasteiger partial charge in [0, 0.05) is 25.2 Å². The van der Waals surface area contributed by atoms with Crippen molar-refractivity contribution in [2.24, 2.45) is 5.84 Å². The van der Waals surface area contributed by atoms with Gasteiger partial charge in [-0.05, 0) is 19.8 Å². The van der Waals surface area contributed by atoms with Crippen LogP contribution in [0.5, 0.6) is 0 Å². The molecule has 1 rings (SSSR count). The van der Waals surface area contributed by atoms with Crippen molar-refractivity contribution in [2.75, 3.05) is 13.1 Å². The molecule has 72 valence electrons. The van der Waals surface area contributed by atoms with Gasteiger partial charge in [-0.15, -0.1) is 0 Å². The summed E-state index contributed by atoms with van der Waals surface area (Å²) in [6.45, 7) is 6.16. The van der Waals surface area contributed by atoms with E-state index >= 15 is 0 Å². The minimum absolute atomic E-state index is 0.528. The summed E-state index contributed by atoms with van der Waals surface area (Å²) >= 11 is 0. The van der Waals surface area contributed by atoms with Crippen LogP contribution >= 0.6 is 0 Å². The molecule has 1 aliphatic rings. The summed E-state index contributed by atoms with van der Waals surface area (Å²) in [7, 11) is 0. The highest BCUT2D eigenvalue weighted by atomic mass is 15.4. The fourth-order valence-electron chi connectivity index (χ4n) is 1.51. The van der Waals surface area contributed by atoms with E-state index in [-0.39, 0.29) is 0 Å². The minimum atomic E-state index is 0.528. The van der Waals surface area contributed by atoms with Gasteiger partial charge in [-0.2, -0.15) is 0 Å². The number of nitrogens with one attached hydrogen (secondary N) is 1. The smallest absolute Gasteiger partial charge is 0.0280 e. The lowest BCUT2D eigenvalue weighted by atomic mass is 9.92. The Labute approximate surface area is 75.3 Å². The average molecular weight is 171 g/mol. The first-order valence-electron chi connectivity index (χ1n) is 4.98. The molecular formula is C9H21N3. The molecule has 1 aliphatic carbocycles. The van der Waals surface area contributed by atoms with Crippen molar-refractivity contribution < 1.29 is 0 Å². The molecule has 1 atom stereocenters. The Bertz CT molecular complexity index is 116. The van der Waals surface area contributed by atoms with E-state index in [0.717, 1.165) is 19.1 Å². The van der Waals surface area contributed by atoms with Gasteiger partial charge in [-0.3, -0.25) is 5.84 Å². The summed E-state index contributed by atoms with van der Waals surface area (Å²) in [5, 5.41) is 5.42. The lowest BCUT2D eigenvalue weighted by molar-refractivity contribution is 0.233. The lowest BCUT2D eigenvalue weighted by Gasteiger charge is -2.31. The maximum atomic E-state index is 5.70. The zero-order valence-corrected chi connectivity index (χ0v) is 8.21. The number of hydrogen-bond donors (Lipinski definition) is 2. The van der Waals surface area contributed by atoms with Gasteiger partial charge in [-0.1, -0.05) is 13.3 Å². The van der Waals surface area contributed by atoms with Crippen LogP contribution in [0.2, 0.25) is 0 Å². The van der Waals surface area contributed by atoms with Crippen molar-refractivity contribution in [3.05, 3.63) is 0 Å². The largest absolute Gasteiger partial charge is 0.310 e. The number of hydrazine groups is 1. The first-order valence-corrected chi connectivity index (χ1v) is 4.98. The molecule has 3 nitrogen and oxygen atoms in total. The van der Waals surface area contributed by atoms with Crippen LogP contribution in [-0.4, -0.2) is 30.2 Å². The Morgan fingerprint density at radius 1 is 1.58 bits per heavy atom. The third-order valence-electron chi connectivity index (χ3n) is 2.54. The summed E-state index contributed by atoms with van der Waals surface area (Å²) in [5.41, 5.74) is 0. The molecule has 0 aromatic rings. The Morgan fingerprint density at radius 2 is 2.25 bits per heavy atom. The topological polar surface area (TPSA) is 41.3 Å². The van der Waals surface area contributed by atoms with Gasteiger partial charge in [0.2, 0.25) is 0 Å². The molecule has 0 aliphatic heterocycles. The molecule has 0 amide bonds. The van der Waals surface area contributed by atoms with Crippen molar-refractivity contribution in [1.29, 1.82) is 0 Å². The molecule has 3 N–H and O–H groups in total. The Balaban J connectivity index is 2.05. The highest BCUT2D eigenvalue weighted by Gasteiger charge is 2.19. The second-order valence-electron chi connectivity index (χ2n) is 3.78. The van der Waals surface area contributed by atoms with E-state index in [1.54, 1.807) is 0 Å². The fraction of sp³-hybridized carbons (Fsp3) is 1.00. The maximum Gasteiger partial charge on any atom is 0.0280 e. The van der Waals surface area contributed by atoms with Crippen LogP contribution in [-0.2, 0) is 0 Å². The van der Waals surface area contributed by atoms with Gasteiger partial charge in [0.05, 0.1) is 0 Å². The summed E-state index contributed by atoms with van der Waals surface area (Å²) < 4.78 is 0. The normalized spacial score (nSPS) is 21.0. The van der Waals surface area contributed by atoms with E-state index in [1.807, 2.05) is 5.01 Å². The first-order chi connectivity index (χ1) is 5.72. The molecule has 0 aromatic carbocycles. The van der Waals surface area contributed by atoms with Gasteiger partial charge in [0.1, 0.15) is 0 Å². The van der Waals surface area contributed by atoms with Crippen LogP contribution < -0.4 is 11.2 Å². The maximum absolute atomic E-state index is 5.70. The van der Waals surface area contributed by atoms with Crippen molar-refractivity contribution in [3.8, 4) is 0 Å². The number of nitrogens with two attached hydrogens (primary N) is 1. The summed E-state index contributed by atoms with van der Waals surface area (Å²) in [6, 6.07) is 1.30. The highest BCUT2D eigenvalue weighted by molar-refractivity contribution is 4.79. The predicted molar refractivity (Wildman–Crippen MR) is 51.7 cm³/mol. The molecule has 1 fully saturated rings. The molecule has 0 spiro atoms. The molecule has 12 heavy (non-hydrogen) atoms. The number of hydrogen-bond acceptors (Lipinski definition) is 3. The summed E-state index contributed by atoms with van der Waals surface area (Å²) in [6.07, 6.45) is 4.09. The Hall–Kier alpha value is -0.120. The summed E-state index contributed by atoms with van der Waals surface area (Å²) in [5.74, 6) is 5.70. The second kappa shape index (κ2) is 4.80. The number of nitrogens with zero attached hydrogens (tertiary/aromatic N) is 1. The van der Waals surface area contributed by atoms with Gasteiger partial charge in [-0.25, -0.2) is 5.01 Å². The van der Waals surface area contributed by atoms with Crippen LogP contribution in [0.25, 0.3) is 0 Å². The Morgan fingerprint density at radius 3 is 2.67 bits per heavy atom. The highest BCUT2D eigenvalue weighted by Crippen LogP contribution is 2.18. The third kappa shape index (κ3) is 3.09. The molecule has 0 aromatic heterocycles. The van der Waals surface area contributed by atoms with Gasteiger partial charge in [0.15, 0.2) is 0 Å². The third-order valence-corrected chi connectivity index (χ3v) is 2.54. The number of likely N-dealkylation sites (N-methyl/N-ethyl adjacent to an activating group) is 1. The van der Waals surface area contributed by atoms with E-state index in [9.17, 15) is 0 Å². The van der Waals surface area contributed by atoms with E-state index in [1.165, 1.54) is 19.3 Å². The van der Waals surface area contributed by atoms with Crippen molar-refractivity contribution in [1.82, 2.24) is 10.3 Å². The Kier molecular flexibility index (Phi) is 3.98. The van der Waals surface area contributed by atoms with Crippen LogP contribution in [0, 0.1) is 0 Å². The van der Waals surface area contributed by atoms with E-state index in [2.05, 4.69) is 19.2 Å². The van der Waals surface area contributed by atoms with Crippen LogP contribution in [0.4, 0.5) is 0 Å². The van der Waals surface area contributed by atoms with Gasteiger partial charge >= 0.3 is 0 Å². The van der Waals surface area contributed by atoms with Crippen molar-refractivity contribution >= 4 is 0 Å². The minimum Gasteiger partial charge on any atom is -0.310 e. The van der Waals surface area contributed by atoms with Gasteiger partial charge in [0.25, 0.3) is 0 Å². The zero-order valence-electron chi connectivity index (χ0n) is 8.21. The van der Waals surface area contributed by atoms with Crippen LogP contribution in [0.1, 0.15) is 33.1 Å². The molecule has 0 heterocycles. The SMILES string of the molecule is CCN(N)CC(C)NC1CCC1. The molecule has 0 saturated heterocycles. The molecule has 0 radical (unpaired) electrons. The molecule has 1 unspecified atom stereocenters. The monoisotopic (exact) mass is 171 g/mol.